The summed E-state index contributed by atoms with van der Waals surface area (Å²) < 4.78 is 1.45. The van der Waals surface area contributed by atoms with Crippen LogP contribution in [0.3, 0.4) is 0 Å². The summed E-state index contributed by atoms with van der Waals surface area (Å²) in [5.41, 5.74) is 1.34. The molecular weight excluding hydrogens is 466 g/mol. The molecule has 3 heterocycles. The number of fused-ring (bicyclic) bond motifs is 1. The second-order valence-electron chi connectivity index (χ2n) is 9.51. The van der Waals surface area contributed by atoms with Crippen LogP contribution in [-0.4, -0.2) is 44.5 Å². The summed E-state index contributed by atoms with van der Waals surface area (Å²) in [5.74, 6) is -0.269. The Kier molecular flexibility index (Phi) is 7.72. The van der Waals surface area contributed by atoms with Crippen LogP contribution in [0.2, 0.25) is 5.02 Å². The fraction of sp³-hybridized carbons (Fsp3) is 0.462. The van der Waals surface area contributed by atoms with Gasteiger partial charge in [-0.1, -0.05) is 44.5 Å². The number of nitrogens with zero attached hydrogens (tertiary/aromatic N) is 3. The van der Waals surface area contributed by atoms with Crippen LogP contribution in [0.4, 0.5) is 0 Å². The van der Waals surface area contributed by atoms with E-state index in [1.807, 2.05) is 45.0 Å². The third-order valence-corrected chi connectivity index (χ3v) is 6.75. The van der Waals surface area contributed by atoms with Crippen molar-refractivity contribution in [2.24, 2.45) is 0 Å². The first-order valence-electron chi connectivity index (χ1n) is 12.2. The number of hydrogen-bond donors (Lipinski definition) is 2. The number of carbonyl (C=O) groups excluding carboxylic acids is 1. The summed E-state index contributed by atoms with van der Waals surface area (Å²) in [4.78, 5) is 48.0. The first-order chi connectivity index (χ1) is 16.8. The number of amides is 1. The van der Waals surface area contributed by atoms with E-state index in [4.69, 9.17) is 11.6 Å². The number of carbonyl (C=O) groups is 1. The number of rotatable bonds is 7. The van der Waals surface area contributed by atoms with E-state index in [0.29, 0.717) is 18.7 Å². The molecule has 9 heteroatoms. The summed E-state index contributed by atoms with van der Waals surface area (Å²) in [6, 6.07) is 9.56. The monoisotopic (exact) mass is 497 g/mol. The lowest BCUT2D eigenvalue weighted by atomic mass is 10.0. The van der Waals surface area contributed by atoms with E-state index in [-0.39, 0.29) is 34.5 Å². The summed E-state index contributed by atoms with van der Waals surface area (Å²) in [6.07, 6.45) is 2.33. The predicted octanol–water partition coefficient (Wildman–Crippen LogP) is 3.67. The van der Waals surface area contributed by atoms with Crippen molar-refractivity contribution < 1.29 is 4.79 Å². The van der Waals surface area contributed by atoms with E-state index in [9.17, 15) is 14.4 Å². The van der Waals surface area contributed by atoms with Gasteiger partial charge in [-0.3, -0.25) is 24.0 Å². The van der Waals surface area contributed by atoms with Gasteiger partial charge in [0, 0.05) is 42.9 Å². The highest BCUT2D eigenvalue weighted by atomic mass is 35.5. The van der Waals surface area contributed by atoms with Crippen molar-refractivity contribution in [2.75, 3.05) is 13.1 Å². The minimum absolute atomic E-state index is 0.00955. The molecule has 2 N–H and O–H groups in total. The Morgan fingerprint density at radius 2 is 1.89 bits per heavy atom. The Morgan fingerprint density at radius 3 is 2.51 bits per heavy atom. The van der Waals surface area contributed by atoms with Crippen molar-refractivity contribution in [1.29, 1.82) is 0 Å². The normalized spacial score (nSPS) is 15.1. The zero-order valence-corrected chi connectivity index (χ0v) is 21.2. The number of nitrogens with one attached hydrogen (secondary N) is 2. The summed E-state index contributed by atoms with van der Waals surface area (Å²) in [5, 5.41) is 4.02. The Morgan fingerprint density at radius 1 is 1.20 bits per heavy atom. The predicted molar refractivity (Wildman–Crippen MR) is 138 cm³/mol. The standard InChI is InChI=1S/C26H32ClN5O3/c1-4-11-32-23-22(25(34)30-26(32)35)20(14-21(29-23)16(2)3)24(33)28-19-9-12-31(13-10-19)15-17-5-7-18(27)8-6-17/h5-8,14,16,19H,4,9-13,15H2,1-3H3,(H,28,33)(H,30,34,35). The topological polar surface area (TPSA) is 100 Å². The zero-order valence-electron chi connectivity index (χ0n) is 20.4. The van der Waals surface area contributed by atoms with Crippen LogP contribution in [0.5, 0.6) is 0 Å². The van der Waals surface area contributed by atoms with Crippen molar-refractivity contribution in [1.82, 2.24) is 24.8 Å². The molecule has 0 unspecified atom stereocenters. The molecule has 2 aromatic heterocycles. The fourth-order valence-electron chi connectivity index (χ4n) is 4.55. The average molecular weight is 498 g/mol. The van der Waals surface area contributed by atoms with Gasteiger partial charge >= 0.3 is 5.69 Å². The first kappa shape index (κ1) is 25.1. The van der Waals surface area contributed by atoms with Gasteiger partial charge in [-0.2, -0.15) is 0 Å². The van der Waals surface area contributed by atoms with Gasteiger partial charge in [0.1, 0.15) is 0 Å². The number of aromatic amines is 1. The lowest BCUT2D eigenvalue weighted by Gasteiger charge is -2.32. The molecule has 35 heavy (non-hydrogen) atoms. The van der Waals surface area contributed by atoms with Crippen LogP contribution in [0.25, 0.3) is 11.0 Å². The lowest BCUT2D eigenvalue weighted by Crippen LogP contribution is -2.44. The Hall–Kier alpha value is -2.97. The highest BCUT2D eigenvalue weighted by molar-refractivity contribution is 6.30. The third kappa shape index (κ3) is 5.65. The number of aromatic nitrogens is 3. The average Bonchev–Trinajstić information content (AvgIpc) is 2.83. The SMILES string of the molecule is CCCn1c(=O)[nH]c(=O)c2c(C(=O)NC3CCN(Cc4ccc(Cl)cc4)CC3)cc(C(C)C)nc21. The Bertz CT molecular complexity index is 1320. The maximum atomic E-state index is 13.4. The van der Waals surface area contributed by atoms with Crippen LogP contribution in [0, 0.1) is 0 Å². The van der Waals surface area contributed by atoms with E-state index in [2.05, 4.69) is 20.2 Å². The van der Waals surface area contributed by atoms with Crippen LogP contribution < -0.4 is 16.6 Å². The van der Waals surface area contributed by atoms with Crippen molar-refractivity contribution in [3.05, 3.63) is 73.0 Å². The summed E-state index contributed by atoms with van der Waals surface area (Å²) in [7, 11) is 0. The molecule has 0 bridgehead atoms. The zero-order chi connectivity index (χ0) is 25.1. The molecule has 1 aliphatic rings. The number of likely N-dealkylation sites (tertiary alicyclic amines) is 1. The fourth-order valence-corrected chi connectivity index (χ4v) is 4.67. The van der Waals surface area contributed by atoms with Gasteiger partial charge in [-0.25, -0.2) is 9.78 Å². The number of halogens is 1. The smallest absolute Gasteiger partial charge is 0.329 e. The molecule has 1 fully saturated rings. The third-order valence-electron chi connectivity index (χ3n) is 6.49. The number of aryl methyl sites for hydroxylation is 1. The number of piperidine rings is 1. The van der Waals surface area contributed by atoms with Gasteiger partial charge in [0.25, 0.3) is 11.5 Å². The first-order valence-corrected chi connectivity index (χ1v) is 12.6. The van der Waals surface area contributed by atoms with Gasteiger partial charge in [0.2, 0.25) is 0 Å². The molecule has 1 saturated heterocycles. The molecule has 1 amide bonds. The molecule has 8 nitrogen and oxygen atoms in total. The van der Waals surface area contributed by atoms with E-state index in [1.54, 1.807) is 6.07 Å². The Labute approximate surface area is 209 Å². The minimum atomic E-state index is -0.580. The molecule has 1 aromatic carbocycles. The molecular formula is C26H32ClN5O3. The molecule has 0 spiro atoms. The maximum Gasteiger partial charge on any atom is 0.329 e. The molecule has 3 aromatic rings. The lowest BCUT2D eigenvalue weighted by molar-refractivity contribution is 0.0910. The van der Waals surface area contributed by atoms with E-state index >= 15 is 0 Å². The highest BCUT2D eigenvalue weighted by Crippen LogP contribution is 2.21. The molecule has 0 radical (unpaired) electrons. The minimum Gasteiger partial charge on any atom is -0.349 e. The maximum absolute atomic E-state index is 13.4. The molecule has 0 aliphatic carbocycles. The van der Waals surface area contributed by atoms with E-state index in [0.717, 1.165) is 37.5 Å². The van der Waals surface area contributed by atoms with Gasteiger partial charge in [-0.05, 0) is 48.9 Å². The number of benzene rings is 1. The Balaban J connectivity index is 1.55. The number of pyridine rings is 1. The van der Waals surface area contributed by atoms with Crippen LogP contribution in [0.1, 0.15) is 67.6 Å². The molecule has 1 aliphatic heterocycles. The van der Waals surface area contributed by atoms with Gasteiger partial charge in [0.15, 0.2) is 5.65 Å². The number of hydrogen-bond acceptors (Lipinski definition) is 5. The van der Waals surface area contributed by atoms with E-state index < -0.39 is 11.2 Å². The van der Waals surface area contributed by atoms with Gasteiger partial charge in [0.05, 0.1) is 10.9 Å². The van der Waals surface area contributed by atoms with Crippen LogP contribution in [-0.2, 0) is 13.1 Å². The largest absolute Gasteiger partial charge is 0.349 e. The second kappa shape index (κ2) is 10.7. The summed E-state index contributed by atoms with van der Waals surface area (Å²) >= 11 is 5.98. The molecule has 4 rings (SSSR count). The van der Waals surface area contributed by atoms with Crippen molar-refractivity contribution in [2.45, 2.75) is 65.1 Å². The quantitative estimate of drug-likeness (QED) is 0.519. The van der Waals surface area contributed by atoms with Gasteiger partial charge in [-0.15, -0.1) is 0 Å². The highest BCUT2D eigenvalue weighted by Gasteiger charge is 2.25. The second-order valence-corrected chi connectivity index (χ2v) is 9.95. The van der Waals surface area contributed by atoms with Crippen LogP contribution in [0.15, 0.2) is 39.9 Å². The molecule has 0 atom stereocenters. The van der Waals surface area contributed by atoms with Gasteiger partial charge < -0.3 is 5.32 Å². The van der Waals surface area contributed by atoms with Crippen molar-refractivity contribution >= 4 is 28.5 Å². The molecule has 0 saturated carbocycles. The van der Waals surface area contributed by atoms with Crippen molar-refractivity contribution in [3.63, 3.8) is 0 Å². The van der Waals surface area contributed by atoms with Crippen molar-refractivity contribution in [3.8, 4) is 0 Å². The molecule has 186 valence electrons. The van der Waals surface area contributed by atoms with E-state index in [1.165, 1.54) is 10.1 Å². The number of H-pyrrole nitrogens is 1. The summed E-state index contributed by atoms with van der Waals surface area (Å²) in [6.45, 7) is 8.87. The van der Waals surface area contributed by atoms with Crippen LogP contribution >= 0.6 is 11.6 Å².